The second kappa shape index (κ2) is 5.11. The van der Waals surface area contributed by atoms with Gasteiger partial charge in [-0.25, -0.2) is 18.1 Å². The lowest BCUT2D eigenvalue weighted by atomic mass is 9.45. The maximum Gasteiger partial charge on any atom is 0.299 e. The minimum atomic E-state index is -3.33. The highest BCUT2D eigenvalue weighted by Crippen LogP contribution is 2.61. The molecule has 1 heterocycles. The second-order valence-electron chi connectivity index (χ2n) is 8.58. The van der Waals surface area contributed by atoms with Gasteiger partial charge in [-0.15, -0.1) is 0 Å². The zero-order chi connectivity index (χ0) is 16.4. The summed E-state index contributed by atoms with van der Waals surface area (Å²) in [5.41, 5.74) is 0.414. The van der Waals surface area contributed by atoms with Gasteiger partial charge in [-0.05, 0) is 55.3 Å². The first kappa shape index (κ1) is 15.7. The molecular formula is C17H28N2O3S. The fraction of sp³-hybridized carbons (Fsp3) is 0.941. The molecule has 4 aliphatic carbocycles. The number of nitrogens with one attached hydrogen (secondary N) is 1. The van der Waals surface area contributed by atoms with E-state index in [-0.39, 0.29) is 18.2 Å². The molecule has 0 spiro atoms. The quantitative estimate of drug-likeness (QED) is 0.798. The van der Waals surface area contributed by atoms with Gasteiger partial charge in [0.2, 0.25) is 10.0 Å². The average Bonchev–Trinajstić information content (AvgIpc) is 2.48. The zero-order valence-electron chi connectivity index (χ0n) is 14.3. The molecule has 2 unspecified atom stereocenters. The van der Waals surface area contributed by atoms with Crippen molar-refractivity contribution in [1.29, 1.82) is 0 Å². The molecule has 1 aliphatic heterocycles. The van der Waals surface area contributed by atoms with Gasteiger partial charge < -0.3 is 4.74 Å². The highest BCUT2D eigenvalue weighted by atomic mass is 32.2. The molecule has 5 fully saturated rings. The van der Waals surface area contributed by atoms with Gasteiger partial charge >= 0.3 is 0 Å². The number of ether oxygens (including phenoxy) is 1. The molecule has 0 radical (unpaired) electrons. The van der Waals surface area contributed by atoms with E-state index in [0.717, 1.165) is 25.7 Å². The highest BCUT2D eigenvalue weighted by molar-refractivity contribution is 7.90. The standard InChI is InChI=1S/C17H28N2O3S/c1-10-12-8-11(17(12,2)3)9-13(10)18-16-19-23(20,21)15-7-5-4-6-14(15)22-16/h10-15H,4-9H2,1-3H3,(H,18,19)/t10-,11+,12-,13-,14?,15?/m0/s1. The molecule has 0 aromatic heterocycles. The zero-order valence-corrected chi connectivity index (χ0v) is 15.1. The Bertz CT molecular complexity index is 628. The average molecular weight is 340 g/mol. The van der Waals surface area contributed by atoms with Gasteiger partial charge in [0.05, 0.1) is 6.04 Å². The van der Waals surface area contributed by atoms with Gasteiger partial charge in [-0.1, -0.05) is 27.2 Å². The summed E-state index contributed by atoms with van der Waals surface area (Å²) < 4.78 is 33.5. The van der Waals surface area contributed by atoms with Crippen LogP contribution in [0.2, 0.25) is 0 Å². The maximum absolute atomic E-state index is 12.5. The molecule has 6 heteroatoms. The SMILES string of the molecule is C[C@@H]1[C@@H](N=C2NS(=O)(=O)C3CCCCC3O2)C[C@H]2C[C@@H]1C2(C)C. The van der Waals surface area contributed by atoms with Gasteiger partial charge in [0, 0.05) is 0 Å². The molecule has 0 aromatic carbocycles. The largest absolute Gasteiger partial charge is 0.460 e. The predicted octanol–water partition coefficient (Wildman–Crippen LogP) is 2.67. The van der Waals surface area contributed by atoms with E-state index in [9.17, 15) is 8.42 Å². The molecule has 6 atom stereocenters. The van der Waals surface area contributed by atoms with Crippen LogP contribution in [0, 0.1) is 23.2 Å². The number of fused-ring (bicyclic) bond motifs is 3. The van der Waals surface area contributed by atoms with Crippen LogP contribution in [0.3, 0.4) is 0 Å². The molecular weight excluding hydrogens is 312 g/mol. The van der Waals surface area contributed by atoms with Crippen LogP contribution in [0.5, 0.6) is 0 Å². The fourth-order valence-corrected chi connectivity index (χ4v) is 6.98. The second-order valence-corrected chi connectivity index (χ2v) is 10.5. The lowest BCUT2D eigenvalue weighted by Crippen LogP contribution is -2.58. The molecule has 2 bridgehead atoms. The molecule has 5 nitrogen and oxygen atoms in total. The summed E-state index contributed by atoms with van der Waals surface area (Å²) in [5, 5.41) is -0.397. The van der Waals surface area contributed by atoms with Crippen LogP contribution in [0.25, 0.3) is 0 Å². The molecule has 0 aromatic rings. The lowest BCUT2D eigenvalue weighted by Gasteiger charge is -2.61. The number of nitrogens with zero attached hydrogens (tertiary/aromatic N) is 1. The van der Waals surface area contributed by atoms with Crippen molar-refractivity contribution in [3.63, 3.8) is 0 Å². The van der Waals surface area contributed by atoms with E-state index < -0.39 is 15.3 Å². The smallest absolute Gasteiger partial charge is 0.299 e. The van der Waals surface area contributed by atoms with Gasteiger partial charge in [-0.2, -0.15) is 0 Å². The number of aliphatic imine (C=N–C) groups is 1. The Morgan fingerprint density at radius 2 is 1.96 bits per heavy atom. The Hall–Kier alpha value is -0.780. The molecule has 5 aliphatic rings. The van der Waals surface area contributed by atoms with Crippen molar-refractivity contribution in [2.75, 3.05) is 0 Å². The first-order valence-corrected chi connectivity index (χ1v) is 10.6. The summed E-state index contributed by atoms with van der Waals surface area (Å²) >= 11 is 0. The Balaban J connectivity index is 1.53. The van der Waals surface area contributed by atoms with Crippen LogP contribution in [0.4, 0.5) is 0 Å². The Morgan fingerprint density at radius 3 is 2.65 bits per heavy atom. The Kier molecular flexibility index (Phi) is 3.49. The van der Waals surface area contributed by atoms with Crippen LogP contribution in [-0.4, -0.2) is 31.8 Å². The monoisotopic (exact) mass is 340 g/mol. The third-order valence-electron chi connectivity index (χ3n) is 7.13. The van der Waals surface area contributed by atoms with E-state index >= 15 is 0 Å². The Morgan fingerprint density at radius 1 is 1.22 bits per heavy atom. The number of rotatable bonds is 1. The Labute approximate surface area is 139 Å². The third kappa shape index (κ3) is 2.39. The summed E-state index contributed by atoms with van der Waals surface area (Å²) in [6, 6.07) is 0.439. The summed E-state index contributed by atoms with van der Waals surface area (Å²) in [4.78, 5) is 4.71. The van der Waals surface area contributed by atoms with E-state index in [2.05, 4.69) is 25.5 Å². The van der Waals surface area contributed by atoms with Gasteiger partial charge in [0.1, 0.15) is 11.4 Å². The molecule has 1 saturated heterocycles. The summed E-state index contributed by atoms with van der Waals surface area (Å²) in [6.45, 7) is 6.98. The van der Waals surface area contributed by atoms with Crippen LogP contribution in [-0.2, 0) is 14.8 Å². The third-order valence-corrected chi connectivity index (χ3v) is 8.93. The molecule has 23 heavy (non-hydrogen) atoms. The minimum absolute atomic E-state index is 0.185. The molecule has 5 rings (SSSR count). The normalized spacial score (nSPS) is 48.6. The van der Waals surface area contributed by atoms with E-state index in [4.69, 9.17) is 9.73 Å². The first-order valence-electron chi connectivity index (χ1n) is 9.05. The van der Waals surface area contributed by atoms with Crippen molar-refractivity contribution in [1.82, 2.24) is 4.72 Å². The fourth-order valence-electron chi connectivity index (χ4n) is 5.42. The van der Waals surface area contributed by atoms with Crippen molar-refractivity contribution in [3.05, 3.63) is 0 Å². The first-order chi connectivity index (χ1) is 10.8. The molecule has 0 amide bonds. The minimum Gasteiger partial charge on any atom is -0.460 e. The summed E-state index contributed by atoms with van der Waals surface area (Å²) in [6.07, 6.45) is 5.67. The van der Waals surface area contributed by atoms with Crippen molar-refractivity contribution in [2.45, 2.75) is 76.7 Å². The number of amidine groups is 1. The van der Waals surface area contributed by atoms with E-state index in [1.54, 1.807) is 0 Å². The number of sulfonamides is 1. The van der Waals surface area contributed by atoms with Crippen molar-refractivity contribution >= 4 is 16.0 Å². The van der Waals surface area contributed by atoms with E-state index in [1.807, 2.05) is 0 Å². The lowest BCUT2D eigenvalue weighted by molar-refractivity contribution is -0.108. The van der Waals surface area contributed by atoms with E-state index in [0.29, 0.717) is 29.6 Å². The van der Waals surface area contributed by atoms with Crippen LogP contribution < -0.4 is 4.72 Å². The van der Waals surface area contributed by atoms with Crippen LogP contribution in [0.1, 0.15) is 59.3 Å². The number of hydrogen-bond donors (Lipinski definition) is 1. The van der Waals surface area contributed by atoms with Crippen molar-refractivity contribution < 1.29 is 13.2 Å². The van der Waals surface area contributed by atoms with Crippen LogP contribution in [0.15, 0.2) is 4.99 Å². The van der Waals surface area contributed by atoms with Gasteiger partial charge in [0.25, 0.3) is 6.02 Å². The molecule has 1 N–H and O–H groups in total. The van der Waals surface area contributed by atoms with Gasteiger partial charge in [0.15, 0.2) is 0 Å². The topological polar surface area (TPSA) is 67.8 Å². The van der Waals surface area contributed by atoms with Crippen LogP contribution >= 0.6 is 0 Å². The van der Waals surface area contributed by atoms with E-state index in [1.165, 1.54) is 6.42 Å². The molecule has 130 valence electrons. The summed E-state index contributed by atoms with van der Waals surface area (Å²) in [7, 11) is -3.33. The molecule has 4 saturated carbocycles. The predicted molar refractivity (Wildman–Crippen MR) is 89.6 cm³/mol. The summed E-state index contributed by atoms with van der Waals surface area (Å²) in [5.74, 6) is 1.89. The highest BCUT2D eigenvalue weighted by Gasteiger charge is 2.56. The number of hydrogen-bond acceptors (Lipinski definition) is 4. The van der Waals surface area contributed by atoms with Crippen molar-refractivity contribution in [3.8, 4) is 0 Å². The van der Waals surface area contributed by atoms with Crippen molar-refractivity contribution in [2.24, 2.45) is 28.2 Å². The van der Waals surface area contributed by atoms with Gasteiger partial charge in [-0.3, -0.25) is 0 Å². The maximum atomic E-state index is 12.5.